The summed E-state index contributed by atoms with van der Waals surface area (Å²) in [6.45, 7) is 0. The molecular weight excluding hydrogens is 201 g/mol. The third-order valence-corrected chi connectivity index (χ3v) is 1.69. The van der Waals surface area contributed by atoms with E-state index < -0.39 is 24.0 Å². The first-order valence-electron chi connectivity index (χ1n) is 3.70. The van der Waals surface area contributed by atoms with E-state index in [4.69, 9.17) is 5.11 Å². The van der Waals surface area contributed by atoms with E-state index >= 15 is 0 Å². The number of alkyl halides is 3. The van der Waals surface area contributed by atoms with Gasteiger partial charge >= 0.3 is 12.5 Å². The predicted octanol–water partition coefficient (Wildman–Crippen LogP) is 2.05. The van der Waals surface area contributed by atoms with E-state index in [0.29, 0.717) is 0 Å². The number of aromatic hydroxyl groups is 1. The Balaban J connectivity index is 2.46. The van der Waals surface area contributed by atoms with Gasteiger partial charge in [-0.25, -0.2) is 0 Å². The second-order valence-corrected chi connectivity index (χ2v) is 2.70. The van der Waals surface area contributed by atoms with Gasteiger partial charge in [0, 0.05) is 0 Å². The molecule has 1 aromatic rings. The van der Waals surface area contributed by atoms with Crippen LogP contribution in [0.25, 0.3) is 0 Å². The maximum atomic E-state index is 12.6. The van der Waals surface area contributed by atoms with Crippen molar-refractivity contribution in [2.75, 3.05) is 0 Å². The number of halogens is 3. The molecule has 3 nitrogen and oxygen atoms in total. The molecule has 0 saturated carbocycles. The van der Waals surface area contributed by atoms with E-state index in [-0.39, 0.29) is 5.75 Å². The summed E-state index contributed by atoms with van der Waals surface area (Å²) in [5.74, 6) is -1.32. The lowest BCUT2D eigenvalue weighted by Gasteiger charge is -2.28. The van der Waals surface area contributed by atoms with Crippen molar-refractivity contribution in [2.24, 2.45) is 0 Å². The average molecular weight is 206 g/mol. The second-order valence-electron chi connectivity index (χ2n) is 2.70. The van der Waals surface area contributed by atoms with Crippen LogP contribution < -0.4 is 9.47 Å². The Morgan fingerprint density at radius 2 is 2.07 bits per heavy atom. The smallest absolute Gasteiger partial charge is 0.468 e. The van der Waals surface area contributed by atoms with Crippen molar-refractivity contribution in [1.29, 1.82) is 0 Å². The quantitative estimate of drug-likeness (QED) is 0.706. The summed E-state index contributed by atoms with van der Waals surface area (Å²) in [5.41, 5.74) is 0. The molecule has 76 valence electrons. The molecule has 6 heteroatoms. The van der Waals surface area contributed by atoms with Crippen LogP contribution in [0.15, 0.2) is 18.2 Å². The number of hydrogen-bond donors (Lipinski definition) is 1. The highest BCUT2D eigenvalue weighted by Gasteiger charge is 2.50. The zero-order valence-corrected chi connectivity index (χ0v) is 6.71. The van der Waals surface area contributed by atoms with Crippen LogP contribution in [-0.4, -0.2) is 17.6 Å². The van der Waals surface area contributed by atoms with Crippen molar-refractivity contribution in [3.05, 3.63) is 18.2 Å². The highest BCUT2D eigenvalue weighted by molar-refractivity contribution is 5.51. The molecule has 0 radical (unpaired) electrons. The average Bonchev–Trinajstić information content (AvgIpc) is 2.09. The largest absolute Gasteiger partial charge is 0.504 e. The monoisotopic (exact) mass is 206 g/mol. The van der Waals surface area contributed by atoms with Crippen LogP contribution in [-0.2, 0) is 0 Å². The molecule has 0 saturated heterocycles. The number of fused-ring (bicyclic) bond motifs is 1. The summed E-state index contributed by atoms with van der Waals surface area (Å²) in [6.07, 6.45) is -6.94. The summed E-state index contributed by atoms with van der Waals surface area (Å²) in [5, 5.41) is 9.11. The minimum absolute atomic E-state index is 0.247. The predicted molar refractivity (Wildman–Crippen MR) is 39.2 cm³/mol. The van der Waals surface area contributed by atoms with E-state index in [1.54, 1.807) is 0 Å². The Morgan fingerprint density at radius 3 is 2.79 bits per heavy atom. The lowest BCUT2D eigenvalue weighted by atomic mass is 10.3. The molecule has 0 unspecified atom stereocenters. The molecule has 0 aliphatic carbocycles. The zero-order chi connectivity index (χ0) is 10.3. The van der Waals surface area contributed by atoms with E-state index in [2.05, 4.69) is 9.47 Å². The molecule has 1 heterocycles. The van der Waals surface area contributed by atoms with Crippen molar-refractivity contribution in [3.63, 3.8) is 0 Å². The van der Waals surface area contributed by atoms with Gasteiger partial charge in [-0.2, -0.15) is 13.2 Å². The van der Waals surface area contributed by atoms with Crippen molar-refractivity contribution >= 4 is 0 Å². The maximum Gasteiger partial charge on any atom is 0.468 e. The molecule has 14 heavy (non-hydrogen) atoms. The van der Waals surface area contributed by atoms with Crippen LogP contribution in [0, 0.1) is 0 Å². The SMILES string of the molecule is Oc1cccc2c1OC(F)(F)[C@H](F)O2. The van der Waals surface area contributed by atoms with Crippen LogP contribution in [0.5, 0.6) is 17.2 Å². The number of phenols is 1. The lowest BCUT2D eigenvalue weighted by Crippen LogP contribution is -2.43. The highest BCUT2D eigenvalue weighted by atomic mass is 19.3. The number of ether oxygens (including phenoxy) is 2. The fourth-order valence-corrected chi connectivity index (χ4v) is 1.06. The molecule has 0 aromatic heterocycles. The summed E-state index contributed by atoms with van der Waals surface area (Å²) in [4.78, 5) is 0. The van der Waals surface area contributed by atoms with Gasteiger partial charge in [0.2, 0.25) is 5.75 Å². The van der Waals surface area contributed by atoms with E-state index in [1.165, 1.54) is 12.1 Å². The van der Waals surface area contributed by atoms with Crippen LogP contribution in [0.3, 0.4) is 0 Å². The Labute approximate surface area is 76.7 Å². The van der Waals surface area contributed by atoms with Gasteiger partial charge in [-0.1, -0.05) is 6.07 Å². The zero-order valence-electron chi connectivity index (χ0n) is 6.71. The van der Waals surface area contributed by atoms with Gasteiger partial charge in [-0.3, -0.25) is 0 Å². The summed E-state index contributed by atoms with van der Waals surface area (Å²) < 4.78 is 46.0. The lowest BCUT2D eigenvalue weighted by molar-refractivity contribution is -0.282. The number of para-hydroxylation sites is 1. The molecular formula is C8H5F3O3. The van der Waals surface area contributed by atoms with Crippen molar-refractivity contribution in [1.82, 2.24) is 0 Å². The van der Waals surface area contributed by atoms with Gasteiger partial charge in [0.25, 0.3) is 0 Å². The molecule has 1 atom stereocenters. The van der Waals surface area contributed by atoms with Gasteiger partial charge in [0.15, 0.2) is 11.5 Å². The highest BCUT2D eigenvalue weighted by Crippen LogP contribution is 2.45. The normalized spacial score (nSPS) is 23.2. The van der Waals surface area contributed by atoms with Gasteiger partial charge in [0.05, 0.1) is 0 Å². The van der Waals surface area contributed by atoms with Crippen LogP contribution in [0.2, 0.25) is 0 Å². The van der Waals surface area contributed by atoms with Gasteiger partial charge in [0.1, 0.15) is 0 Å². The van der Waals surface area contributed by atoms with E-state index in [9.17, 15) is 13.2 Å². The third-order valence-electron chi connectivity index (χ3n) is 1.69. The first-order chi connectivity index (χ1) is 6.50. The molecule has 2 rings (SSSR count). The Bertz CT molecular complexity index is 367. The summed E-state index contributed by atoms with van der Waals surface area (Å²) >= 11 is 0. The summed E-state index contributed by atoms with van der Waals surface area (Å²) in [7, 11) is 0. The van der Waals surface area contributed by atoms with Gasteiger partial charge < -0.3 is 14.6 Å². The number of rotatable bonds is 0. The summed E-state index contributed by atoms with van der Waals surface area (Å²) in [6, 6.07) is 3.68. The topological polar surface area (TPSA) is 38.7 Å². The van der Waals surface area contributed by atoms with Crippen molar-refractivity contribution < 1.29 is 27.8 Å². The molecule has 0 fully saturated rings. The fourth-order valence-electron chi connectivity index (χ4n) is 1.06. The number of hydrogen-bond acceptors (Lipinski definition) is 3. The van der Waals surface area contributed by atoms with Crippen molar-refractivity contribution in [3.8, 4) is 17.2 Å². The minimum Gasteiger partial charge on any atom is -0.504 e. The Kier molecular flexibility index (Phi) is 1.73. The first kappa shape index (κ1) is 8.98. The van der Waals surface area contributed by atoms with E-state index in [1.807, 2.05) is 0 Å². The van der Waals surface area contributed by atoms with Crippen LogP contribution in [0.4, 0.5) is 13.2 Å². The molecule has 0 bridgehead atoms. The van der Waals surface area contributed by atoms with Gasteiger partial charge in [-0.15, -0.1) is 0 Å². The fraction of sp³-hybridized carbons (Fsp3) is 0.250. The second kappa shape index (κ2) is 2.70. The molecule has 1 N–H and O–H groups in total. The maximum absolute atomic E-state index is 12.6. The van der Waals surface area contributed by atoms with E-state index in [0.717, 1.165) is 6.07 Å². The Hall–Kier alpha value is -1.59. The molecule has 0 spiro atoms. The third kappa shape index (κ3) is 1.23. The molecule has 1 aliphatic rings. The van der Waals surface area contributed by atoms with Gasteiger partial charge in [-0.05, 0) is 12.1 Å². The number of benzene rings is 1. The van der Waals surface area contributed by atoms with Crippen molar-refractivity contribution in [2.45, 2.75) is 12.5 Å². The van der Waals surface area contributed by atoms with Crippen LogP contribution in [0.1, 0.15) is 0 Å². The first-order valence-corrected chi connectivity index (χ1v) is 3.70. The standard InChI is InChI=1S/C8H5F3O3/c9-7-8(10,11)14-6-4(12)2-1-3-5(6)13-7/h1-3,7,12H/t7-/m1/s1. The molecule has 0 amide bonds. The molecule has 1 aromatic carbocycles. The molecule has 1 aliphatic heterocycles. The minimum atomic E-state index is -4.08. The van der Waals surface area contributed by atoms with Crippen LogP contribution >= 0.6 is 0 Å². The number of phenolic OH excluding ortho intramolecular Hbond substituents is 1. The Morgan fingerprint density at radius 1 is 1.36 bits per heavy atom.